The molecule has 1 aliphatic rings. The second kappa shape index (κ2) is 8.57. The second-order valence-corrected chi connectivity index (χ2v) is 7.41. The third kappa shape index (κ3) is 4.22. The van der Waals surface area contributed by atoms with E-state index in [1.807, 2.05) is 30.3 Å². The topological polar surface area (TPSA) is 90.5 Å². The lowest BCUT2D eigenvalue weighted by atomic mass is 9.95. The molecule has 1 saturated carbocycles. The summed E-state index contributed by atoms with van der Waals surface area (Å²) in [5.74, 6) is 0.299. The predicted octanol–water partition coefficient (Wildman–Crippen LogP) is 2.15. The first-order chi connectivity index (χ1) is 14.2. The SMILES string of the molecule is COCc1cc2nn(CC(=O)NC3CCCCC3)c(=O)n2c(-c2ccccc2)n1. The van der Waals surface area contributed by atoms with Crippen molar-refractivity contribution in [1.29, 1.82) is 0 Å². The molecule has 8 heteroatoms. The van der Waals surface area contributed by atoms with E-state index in [4.69, 9.17) is 4.74 Å². The highest BCUT2D eigenvalue weighted by molar-refractivity contribution is 5.76. The van der Waals surface area contributed by atoms with Crippen molar-refractivity contribution in [1.82, 2.24) is 24.5 Å². The molecule has 0 radical (unpaired) electrons. The van der Waals surface area contributed by atoms with Crippen LogP contribution in [0.4, 0.5) is 0 Å². The highest BCUT2D eigenvalue weighted by Crippen LogP contribution is 2.19. The first-order valence-electron chi connectivity index (χ1n) is 9.99. The molecule has 0 unspecified atom stereocenters. The lowest BCUT2D eigenvalue weighted by Gasteiger charge is -2.22. The van der Waals surface area contributed by atoms with Gasteiger partial charge in [0.25, 0.3) is 0 Å². The van der Waals surface area contributed by atoms with E-state index in [9.17, 15) is 9.59 Å². The Morgan fingerprint density at radius 2 is 1.97 bits per heavy atom. The lowest BCUT2D eigenvalue weighted by molar-refractivity contribution is -0.122. The molecule has 2 heterocycles. The number of nitrogens with one attached hydrogen (secondary N) is 1. The first-order valence-corrected chi connectivity index (χ1v) is 9.99. The second-order valence-electron chi connectivity index (χ2n) is 7.41. The number of rotatable bonds is 6. The molecule has 29 heavy (non-hydrogen) atoms. The van der Waals surface area contributed by atoms with Crippen molar-refractivity contribution in [2.24, 2.45) is 0 Å². The Bertz CT molecular complexity index is 1050. The van der Waals surface area contributed by atoms with Gasteiger partial charge in [0.2, 0.25) is 5.91 Å². The summed E-state index contributed by atoms with van der Waals surface area (Å²) >= 11 is 0. The molecule has 8 nitrogen and oxygen atoms in total. The van der Waals surface area contributed by atoms with Crippen LogP contribution in [0, 0.1) is 0 Å². The maximum atomic E-state index is 13.0. The van der Waals surface area contributed by atoms with E-state index in [2.05, 4.69) is 15.4 Å². The molecule has 1 amide bonds. The van der Waals surface area contributed by atoms with Crippen LogP contribution in [0.25, 0.3) is 17.0 Å². The van der Waals surface area contributed by atoms with Crippen LogP contribution in [0.1, 0.15) is 37.8 Å². The minimum absolute atomic E-state index is 0.106. The van der Waals surface area contributed by atoms with Crippen LogP contribution < -0.4 is 11.0 Å². The van der Waals surface area contributed by atoms with Gasteiger partial charge >= 0.3 is 5.69 Å². The molecule has 0 spiro atoms. The van der Waals surface area contributed by atoms with E-state index in [0.29, 0.717) is 23.8 Å². The molecule has 0 bridgehead atoms. The molecule has 1 fully saturated rings. The zero-order valence-electron chi connectivity index (χ0n) is 16.5. The average molecular weight is 395 g/mol. The van der Waals surface area contributed by atoms with Crippen LogP contribution in [0.5, 0.6) is 0 Å². The van der Waals surface area contributed by atoms with Gasteiger partial charge in [0.05, 0.1) is 12.3 Å². The van der Waals surface area contributed by atoms with E-state index in [0.717, 1.165) is 31.2 Å². The monoisotopic (exact) mass is 395 g/mol. The Balaban J connectivity index is 1.68. The zero-order chi connectivity index (χ0) is 20.2. The normalized spacial score (nSPS) is 14.9. The van der Waals surface area contributed by atoms with Gasteiger partial charge in [-0.05, 0) is 12.8 Å². The number of carbonyl (C=O) groups excluding carboxylic acids is 1. The summed E-state index contributed by atoms with van der Waals surface area (Å²) in [6.07, 6.45) is 5.47. The number of hydrogen-bond donors (Lipinski definition) is 1. The van der Waals surface area contributed by atoms with Gasteiger partial charge in [0.15, 0.2) is 5.65 Å². The third-order valence-corrected chi connectivity index (χ3v) is 5.21. The first kappa shape index (κ1) is 19.3. The fourth-order valence-electron chi connectivity index (χ4n) is 3.85. The number of amides is 1. The summed E-state index contributed by atoms with van der Waals surface area (Å²) in [5, 5.41) is 7.42. The number of fused-ring (bicyclic) bond motifs is 1. The molecular formula is C21H25N5O3. The van der Waals surface area contributed by atoms with Crippen molar-refractivity contribution in [3.8, 4) is 11.4 Å². The summed E-state index contributed by atoms with van der Waals surface area (Å²) in [5.41, 5.74) is 1.53. The Morgan fingerprint density at radius 3 is 2.69 bits per heavy atom. The number of ether oxygens (including phenoxy) is 1. The van der Waals surface area contributed by atoms with E-state index in [1.54, 1.807) is 13.2 Å². The van der Waals surface area contributed by atoms with Gasteiger partial charge in [-0.25, -0.2) is 18.9 Å². The largest absolute Gasteiger partial charge is 0.378 e. The van der Waals surface area contributed by atoms with Crippen LogP contribution in [0.2, 0.25) is 0 Å². The van der Waals surface area contributed by atoms with Gasteiger partial charge in [-0.2, -0.15) is 0 Å². The van der Waals surface area contributed by atoms with E-state index in [-0.39, 0.29) is 24.2 Å². The molecule has 3 aromatic rings. The standard InChI is InChI=1S/C21H25N5O3/c1-29-14-17-12-18-24-25(13-19(27)22-16-10-6-3-7-11-16)21(28)26(18)20(23-17)15-8-4-2-5-9-15/h2,4-5,8-9,12,16H,3,6-7,10-11,13-14H2,1H3,(H,22,27). The van der Waals surface area contributed by atoms with Crippen molar-refractivity contribution in [3.05, 3.63) is 52.6 Å². The van der Waals surface area contributed by atoms with Gasteiger partial charge in [0.1, 0.15) is 12.4 Å². The molecule has 152 valence electrons. The molecular weight excluding hydrogens is 370 g/mol. The minimum Gasteiger partial charge on any atom is -0.378 e. The smallest absolute Gasteiger partial charge is 0.352 e. The maximum absolute atomic E-state index is 13.0. The predicted molar refractivity (Wildman–Crippen MR) is 108 cm³/mol. The van der Waals surface area contributed by atoms with E-state index in [1.165, 1.54) is 15.5 Å². The van der Waals surface area contributed by atoms with Crippen molar-refractivity contribution >= 4 is 11.6 Å². The van der Waals surface area contributed by atoms with Crippen LogP contribution in [0.15, 0.2) is 41.2 Å². The molecule has 1 aromatic carbocycles. The van der Waals surface area contributed by atoms with Crippen molar-refractivity contribution in [3.63, 3.8) is 0 Å². The third-order valence-electron chi connectivity index (χ3n) is 5.21. The Kier molecular flexibility index (Phi) is 5.71. The molecule has 1 N–H and O–H groups in total. The molecule has 0 aliphatic heterocycles. The summed E-state index contributed by atoms with van der Waals surface area (Å²) < 4.78 is 7.86. The maximum Gasteiger partial charge on any atom is 0.352 e. The fraction of sp³-hybridized carbons (Fsp3) is 0.429. The van der Waals surface area contributed by atoms with Gasteiger partial charge in [0, 0.05) is 24.8 Å². The number of aromatic nitrogens is 4. The van der Waals surface area contributed by atoms with Crippen LogP contribution >= 0.6 is 0 Å². The number of hydrogen-bond acceptors (Lipinski definition) is 5. The number of carbonyl (C=O) groups is 1. The Hall–Kier alpha value is -3.00. The summed E-state index contributed by atoms with van der Waals surface area (Å²) in [4.78, 5) is 30.1. The van der Waals surface area contributed by atoms with Crippen LogP contribution in [0.3, 0.4) is 0 Å². The van der Waals surface area contributed by atoms with Gasteiger partial charge in [-0.15, -0.1) is 5.10 Å². The van der Waals surface area contributed by atoms with Gasteiger partial charge in [-0.1, -0.05) is 49.6 Å². The lowest BCUT2D eigenvalue weighted by Crippen LogP contribution is -2.40. The number of methoxy groups -OCH3 is 1. The number of benzene rings is 1. The van der Waals surface area contributed by atoms with E-state index >= 15 is 0 Å². The highest BCUT2D eigenvalue weighted by Gasteiger charge is 2.19. The Labute approximate surface area is 168 Å². The van der Waals surface area contributed by atoms with Gasteiger partial charge < -0.3 is 10.1 Å². The van der Waals surface area contributed by atoms with Gasteiger partial charge in [-0.3, -0.25) is 4.79 Å². The highest BCUT2D eigenvalue weighted by atomic mass is 16.5. The van der Waals surface area contributed by atoms with Crippen molar-refractivity contribution < 1.29 is 9.53 Å². The van der Waals surface area contributed by atoms with Crippen molar-refractivity contribution in [2.75, 3.05) is 7.11 Å². The minimum atomic E-state index is -0.380. The molecule has 4 rings (SSSR count). The summed E-state index contributed by atoms with van der Waals surface area (Å²) in [6.45, 7) is 0.199. The molecule has 0 atom stereocenters. The molecule has 1 aliphatic carbocycles. The Morgan fingerprint density at radius 1 is 1.21 bits per heavy atom. The van der Waals surface area contributed by atoms with Crippen molar-refractivity contribution in [2.45, 2.75) is 51.3 Å². The van der Waals surface area contributed by atoms with Crippen LogP contribution in [-0.4, -0.2) is 38.2 Å². The van der Waals surface area contributed by atoms with E-state index < -0.39 is 0 Å². The fourth-order valence-corrected chi connectivity index (χ4v) is 3.85. The quantitative estimate of drug-likeness (QED) is 0.691. The zero-order valence-corrected chi connectivity index (χ0v) is 16.5. The summed E-state index contributed by atoms with van der Waals surface area (Å²) in [6, 6.07) is 11.4. The number of nitrogens with zero attached hydrogens (tertiary/aromatic N) is 4. The average Bonchev–Trinajstić information content (AvgIpc) is 3.04. The molecule has 2 aromatic heterocycles. The van der Waals surface area contributed by atoms with Crippen LogP contribution in [-0.2, 0) is 22.7 Å². The molecule has 0 saturated heterocycles. The summed E-state index contributed by atoms with van der Waals surface area (Å²) in [7, 11) is 1.59.